The maximum Gasteiger partial charge on any atom is 0.343 e. The molecule has 2 heterocycles. The number of halogens is 1. The molecular formula is C21H18ClN3O4. The van der Waals surface area contributed by atoms with Crippen molar-refractivity contribution >= 4 is 23.5 Å². The minimum Gasteiger partial charge on any atom is -0.452 e. The van der Waals surface area contributed by atoms with Gasteiger partial charge in [-0.2, -0.15) is 5.26 Å². The normalized spacial score (nSPS) is 11.5. The molecule has 0 bridgehead atoms. The third-order valence-corrected chi connectivity index (χ3v) is 4.65. The smallest absolute Gasteiger partial charge is 0.343 e. The number of nitriles is 1. The van der Waals surface area contributed by atoms with E-state index in [0.717, 1.165) is 5.56 Å². The van der Waals surface area contributed by atoms with Crippen molar-refractivity contribution < 1.29 is 18.7 Å². The lowest BCUT2D eigenvalue weighted by molar-refractivity contribution is -0.124. The van der Waals surface area contributed by atoms with Crippen molar-refractivity contribution in [3.05, 3.63) is 76.3 Å². The number of amides is 1. The van der Waals surface area contributed by atoms with Crippen molar-refractivity contribution in [2.75, 3.05) is 6.61 Å². The second-order valence-corrected chi connectivity index (χ2v) is 6.71. The fourth-order valence-corrected chi connectivity index (χ4v) is 3.22. The fourth-order valence-electron chi connectivity index (χ4n) is 2.92. The van der Waals surface area contributed by atoms with Gasteiger partial charge in [-0.3, -0.25) is 9.36 Å². The van der Waals surface area contributed by atoms with Crippen LogP contribution in [0.25, 0.3) is 5.88 Å². The zero-order chi connectivity index (χ0) is 21.0. The molecule has 8 heteroatoms. The number of hydrogen-bond acceptors (Lipinski definition) is 5. The van der Waals surface area contributed by atoms with Crippen LogP contribution in [0.4, 0.5) is 0 Å². The molecule has 29 heavy (non-hydrogen) atoms. The van der Waals surface area contributed by atoms with Gasteiger partial charge < -0.3 is 14.5 Å². The zero-order valence-corrected chi connectivity index (χ0v) is 16.6. The van der Waals surface area contributed by atoms with Gasteiger partial charge in [-0.05, 0) is 37.6 Å². The molecule has 0 radical (unpaired) electrons. The number of aromatic nitrogens is 1. The monoisotopic (exact) mass is 411 g/mol. The van der Waals surface area contributed by atoms with Gasteiger partial charge in [0.1, 0.15) is 23.0 Å². The highest BCUT2D eigenvalue weighted by atomic mass is 35.5. The third kappa shape index (κ3) is 4.33. The number of nitrogens with one attached hydrogen (secondary N) is 1. The second kappa shape index (κ2) is 8.67. The molecule has 1 atom stereocenters. The molecule has 7 nitrogen and oxygen atoms in total. The fraction of sp³-hybridized carbons (Fsp3) is 0.190. The lowest BCUT2D eigenvalue weighted by atomic mass is 10.1. The van der Waals surface area contributed by atoms with Gasteiger partial charge in [-0.25, -0.2) is 4.79 Å². The Morgan fingerprint density at radius 1 is 1.28 bits per heavy atom. The van der Waals surface area contributed by atoms with E-state index in [4.69, 9.17) is 20.8 Å². The Morgan fingerprint density at radius 2 is 1.97 bits per heavy atom. The number of rotatable bonds is 6. The molecule has 0 saturated carbocycles. The standard InChI is InChI=1S/C21H18ClN3O4/c1-13(15-7-3-4-8-17(15)22)24-18(26)12-28-21(27)19-14(2)29-20(16(19)11-23)25-9-5-6-10-25/h3-10,13H,12H2,1-2H3,(H,24,26)/t13-/m1/s1. The van der Waals surface area contributed by atoms with Gasteiger partial charge in [0.05, 0.1) is 6.04 Å². The summed E-state index contributed by atoms with van der Waals surface area (Å²) >= 11 is 6.13. The van der Waals surface area contributed by atoms with Gasteiger partial charge in [0.25, 0.3) is 5.91 Å². The molecule has 3 rings (SSSR count). The lowest BCUT2D eigenvalue weighted by Gasteiger charge is -2.15. The van der Waals surface area contributed by atoms with E-state index in [1.165, 1.54) is 0 Å². The summed E-state index contributed by atoms with van der Waals surface area (Å²) in [6.07, 6.45) is 3.38. The summed E-state index contributed by atoms with van der Waals surface area (Å²) in [5.41, 5.74) is 0.805. The van der Waals surface area contributed by atoms with Crippen LogP contribution in [0.1, 0.15) is 40.2 Å². The van der Waals surface area contributed by atoms with Crippen molar-refractivity contribution in [2.24, 2.45) is 0 Å². The van der Waals surface area contributed by atoms with Gasteiger partial charge in [-0.1, -0.05) is 29.8 Å². The molecule has 148 valence electrons. The number of ether oxygens (including phenoxy) is 1. The summed E-state index contributed by atoms with van der Waals surface area (Å²) in [5, 5.41) is 12.7. The molecule has 0 aliphatic rings. The first-order valence-corrected chi connectivity index (χ1v) is 9.18. The number of aryl methyl sites for hydroxylation is 1. The van der Waals surface area contributed by atoms with E-state index >= 15 is 0 Å². The van der Waals surface area contributed by atoms with Gasteiger partial charge >= 0.3 is 5.97 Å². The van der Waals surface area contributed by atoms with Crippen molar-refractivity contribution in [2.45, 2.75) is 19.9 Å². The first-order valence-electron chi connectivity index (χ1n) is 8.80. The maximum absolute atomic E-state index is 12.5. The molecule has 3 aromatic rings. The van der Waals surface area contributed by atoms with E-state index in [9.17, 15) is 14.9 Å². The predicted molar refractivity (Wildman–Crippen MR) is 106 cm³/mol. The minimum atomic E-state index is -0.804. The van der Waals surface area contributed by atoms with Crippen LogP contribution in [0.3, 0.4) is 0 Å². The second-order valence-electron chi connectivity index (χ2n) is 6.30. The van der Waals surface area contributed by atoms with Crippen molar-refractivity contribution in [1.82, 2.24) is 9.88 Å². The quantitative estimate of drug-likeness (QED) is 0.619. The van der Waals surface area contributed by atoms with Crippen LogP contribution in [0.2, 0.25) is 5.02 Å². The van der Waals surface area contributed by atoms with Gasteiger partial charge in [-0.15, -0.1) is 0 Å². The molecule has 1 N–H and O–H groups in total. The van der Waals surface area contributed by atoms with Crippen LogP contribution in [-0.2, 0) is 9.53 Å². The van der Waals surface area contributed by atoms with Crippen molar-refractivity contribution in [3.63, 3.8) is 0 Å². The lowest BCUT2D eigenvalue weighted by Crippen LogP contribution is -2.31. The number of carbonyl (C=O) groups excluding carboxylic acids is 2. The summed E-state index contributed by atoms with van der Waals surface area (Å²) in [6, 6.07) is 12.3. The largest absolute Gasteiger partial charge is 0.452 e. The summed E-state index contributed by atoms with van der Waals surface area (Å²) in [7, 11) is 0. The summed E-state index contributed by atoms with van der Waals surface area (Å²) < 4.78 is 12.3. The zero-order valence-electron chi connectivity index (χ0n) is 15.8. The van der Waals surface area contributed by atoms with Crippen LogP contribution in [0, 0.1) is 18.3 Å². The van der Waals surface area contributed by atoms with Gasteiger partial charge in [0, 0.05) is 17.4 Å². The first-order chi connectivity index (χ1) is 13.9. The number of hydrogen-bond donors (Lipinski definition) is 1. The average Bonchev–Trinajstić information content (AvgIpc) is 3.33. The highest BCUT2D eigenvalue weighted by molar-refractivity contribution is 6.31. The number of furan rings is 1. The van der Waals surface area contributed by atoms with Crippen LogP contribution in [-0.4, -0.2) is 23.1 Å². The molecular weight excluding hydrogens is 394 g/mol. The van der Waals surface area contributed by atoms with Crippen LogP contribution < -0.4 is 5.32 Å². The molecule has 2 aromatic heterocycles. The Balaban J connectivity index is 1.68. The Hall–Kier alpha value is -3.50. The summed E-state index contributed by atoms with van der Waals surface area (Å²) in [6.45, 7) is 2.84. The Morgan fingerprint density at radius 3 is 2.62 bits per heavy atom. The number of esters is 1. The topological polar surface area (TPSA) is 97.3 Å². The molecule has 0 fully saturated rings. The Bertz CT molecular complexity index is 1080. The van der Waals surface area contributed by atoms with Gasteiger partial charge in [0.2, 0.25) is 5.88 Å². The highest BCUT2D eigenvalue weighted by Crippen LogP contribution is 2.26. The van der Waals surface area contributed by atoms with Crippen molar-refractivity contribution in [1.29, 1.82) is 5.26 Å². The average molecular weight is 412 g/mol. The molecule has 0 saturated heterocycles. The van der Waals surface area contributed by atoms with Crippen LogP contribution >= 0.6 is 11.6 Å². The van der Waals surface area contributed by atoms with E-state index in [-0.39, 0.29) is 28.8 Å². The van der Waals surface area contributed by atoms with Gasteiger partial charge in [0.15, 0.2) is 6.61 Å². The van der Waals surface area contributed by atoms with Crippen molar-refractivity contribution in [3.8, 4) is 12.0 Å². The minimum absolute atomic E-state index is 0.00292. The van der Waals surface area contributed by atoms with Crippen LogP contribution in [0.5, 0.6) is 0 Å². The number of carbonyl (C=O) groups is 2. The highest BCUT2D eigenvalue weighted by Gasteiger charge is 2.26. The molecule has 1 amide bonds. The van der Waals surface area contributed by atoms with E-state index in [1.807, 2.05) is 12.1 Å². The van der Waals surface area contributed by atoms with E-state index in [1.54, 1.807) is 61.1 Å². The SMILES string of the molecule is Cc1oc(-n2cccc2)c(C#N)c1C(=O)OCC(=O)N[C@H](C)c1ccccc1Cl. The molecule has 0 spiro atoms. The Kier molecular flexibility index (Phi) is 6.05. The number of nitrogens with zero attached hydrogens (tertiary/aromatic N) is 2. The third-order valence-electron chi connectivity index (χ3n) is 4.30. The van der Waals surface area contributed by atoms with E-state index < -0.39 is 18.5 Å². The first kappa shape index (κ1) is 20.2. The maximum atomic E-state index is 12.5. The summed E-state index contributed by atoms with van der Waals surface area (Å²) in [4.78, 5) is 24.7. The summed E-state index contributed by atoms with van der Waals surface area (Å²) in [5.74, 6) is -0.836. The number of benzene rings is 1. The molecule has 0 aliphatic heterocycles. The molecule has 1 aromatic carbocycles. The molecule has 0 unspecified atom stereocenters. The molecule has 0 aliphatic carbocycles. The van der Waals surface area contributed by atoms with E-state index in [2.05, 4.69) is 5.32 Å². The van der Waals surface area contributed by atoms with E-state index in [0.29, 0.717) is 5.02 Å². The predicted octanol–water partition coefficient (Wildman–Crippen LogP) is 3.94. The Labute approximate surface area is 172 Å². The van der Waals surface area contributed by atoms with Crippen LogP contribution in [0.15, 0.2) is 53.2 Å².